The Balaban J connectivity index is 2.85. The zero-order chi connectivity index (χ0) is 14.5. The van der Waals surface area contributed by atoms with Crippen LogP contribution in [0.2, 0.25) is 0 Å². The summed E-state index contributed by atoms with van der Waals surface area (Å²) in [6, 6.07) is 0. The number of nitrogens with one attached hydrogen (secondary N) is 1. The molecule has 0 aromatic rings. The van der Waals surface area contributed by atoms with Crippen LogP contribution in [0.3, 0.4) is 0 Å². The highest BCUT2D eigenvalue weighted by atomic mass is 32.2. The summed E-state index contributed by atoms with van der Waals surface area (Å²) in [4.78, 5) is 11.8. The van der Waals surface area contributed by atoms with Crippen LogP contribution in [0.15, 0.2) is 0 Å². The lowest BCUT2D eigenvalue weighted by atomic mass is 9.98. The summed E-state index contributed by atoms with van der Waals surface area (Å²) in [5.74, 6) is -0.546. The summed E-state index contributed by atoms with van der Waals surface area (Å²) >= 11 is 0. The van der Waals surface area contributed by atoms with E-state index in [1.165, 1.54) is 11.4 Å². The molecule has 7 heteroatoms. The zero-order valence-electron chi connectivity index (χ0n) is 11.9. The van der Waals surface area contributed by atoms with Crippen molar-refractivity contribution in [3.05, 3.63) is 0 Å². The molecule has 1 N–H and O–H groups in total. The average Bonchev–Trinajstić information content (AvgIpc) is 2.38. The number of carbonyl (C=O) groups excluding carboxylic acids is 1. The second kappa shape index (κ2) is 6.67. The Bertz CT molecular complexity index is 404. The van der Waals surface area contributed by atoms with Crippen LogP contribution in [0.4, 0.5) is 0 Å². The van der Waals surface area contributed by atoms with Crippen LogP contribution >= 0.6 is 0 Å². The predicted molar refractivity (Wildman–Crippen MR) is 72.8 cm³/mol. The molecular weight excluding hydrogens is 268 g/mol. The number of carbonyl (C=O) groups is 1. The van der Waals surface area contributed by atoms with Crippen molar-refractivity contribution in [2.45, 2.75) is 51.5 Å². The average molecular weight is 292 g/mol. The maximum absolute atomic E-state index is 12.3. The highest BCUT2D eigenvalue weighted by molar-refractivity contribution is 7.87. The number of hydrogen-bond donors (Lipinski definition) is 1. The van der Waals surface area contributed by atoms with E-state index in [9.17, 15) is 13.2 Å². The Hall–Kier alpha value is -0.660. The Morgan fingerprint density at radius 2 is 1.89 bits per heavy atom. The molecule has 1 rings (SSSR count). The lowest BCUT2D eigenvalue weighted by Gasteiger charge is -2.32. The number of methoxy groups -OCH3 is 1. The second-order valence-corrected chi connectivity index (χ2v) is 6.81. The predicted octanol–water partition coefficient (Wildman–Crippen LogP) is 1.04. The molecule has 0 bridgehead atoms. The molecule has 112 valence electrons. The minimum atomic E-state index is -3.64. The van der Waals surface area contributed by atoms with Crippen molar-refractivity contribution >= 4 is 16.2 Å². The van der Waals surface area contributed by atoms with Crippen LogP contribution in [-0.2, 0) is 19.7 Å². The minimum absolute atomic E-state index is 0.409. The molecule has 1 unspecified atom stereocenters. The van der Waals surface area contributed by atoms with Gasteiger partial charge in [-0.15, -0.1) is 0 Å². The number of piperidine rings is 1. The first-order chi connectivity index (χ1) is 8.85. The molecule has 1 aliphatic rings. The Kier molecular flexibility index (Phi) is 5.76. The first-order valence-electron chi connectivity index (χ1n) is 6.73. The van der Waals surface area contributed by atoms with E-state index in [0.717, 1.165) is 19.3 Å². The molecule has 0 amide bonds. The van der Waals surface area contributed by atoms with Crippen molar-refractivity contribution in [2.24, 2.45) is 0 Å². The largest absolute Gasteiger partial charge is 0.468 e. The van der Waals surface area contributed by atoms with Gasteiger partial charge in [0.05, 0.1) is 7.11 Å². The highest BCUT2D eigenvalue weighted by Gasteiger charge is 2.39. The fourth-order valence-corrected chi connectivity index (χ4v) is 4.00. The van der Waals surface area contributed by atoms with Gasteiger partial charge in [0.1, 0.15) is 5.54 Å². The number of esters is 1. The molecule has 1 heterocycles. The van der Waals surface area contributed by atoms with Crippen molar-refractivity contribution in [1.29, 1.82) is 0 Å². The summed E-state index contributed by atoms with van der Waals surface area (Å²) in [6.45, 7) is 4.50. The fourth-order valence-electron chi connectivity index (χ4n) is 2.37. The van der Waals surface area contributed by atoms with Gasteiger partial charge in [0, 0.05) is 13.1 Å². The maximum atomic E-state index is 12.3. The van der Waals surface area contributed by atoms with Gasteiger partial charge in [0.15, 0.2) is 0 Å². The Morgan fingerprint density at radius 1 is 1.32 bits per heavy atom. The highest BCUT2D eigenvalue weighted by Crippen LogP contribution is 2.19. The third kappa shape index (κ3) is 4.15. The van der Waals surface area contributed by atoms with Gasteiger partial charge in [-0.2, -0.15) is 17.4 Å². The van der Waals surface area contributed by atoms with Crippen LogP contribution in [-0.4, -0.2) is 44.4 Å². The van der Waals surface area contributed by atoms with Crippen molar-refractivity contribution in [3.8, 4) is 0 Å². The van der Waals surface area contributed by atoms with Crippen molar-refractivity contribution in [1.82, 2.24) is 9.03 Å². The van der Waals surface area contributed by atoms with Crippen LogP contribution in [0.1, 0.15) is 46.0 Å². The van der Waals surface area contributed by atoms with E-state index in [0.29, 0.717) is 25.9 Å². The lowest BCUT2D eigenvalue weighted by molar-refractivity contribution is -0.147. The van der Waals surface area contributed by atoms with E-state index < -0.39 is 21.7 Å². The normalized spacial score (nSPS) is 20.8. The number of nitrogens with zero attached hydrogens (tertiary/aromatic N) is 1. The number of rotatable bonds is 6. The molecule has 0 saturated carbocycles. The molecule has 0 aromatic carbocycles. The molecule has 0 radical (unpaired) electrons. The van der Waals surface area contributed by atoms with Gasteiger partial charge in [-0.1, -0.05) is 19.8 Å². The van der Waals surface area contributed by atoms with Crippen molar-refractivity contribution < 1.29 is 17.9 Å². The van der Waals surface area contributed by atoms with Gasteiger partial charge in [-0.05, 0) is 26.2 Å². The maximum Gasteiger partial charge on any atom is 0.326 e. The van der Waals surface area contributed by atoms with E-state index in [1.807, 2.05) is 6.92 Å². The Labute approximate surface area is 115 Å². The molecule has 0 aromatic heterocycles. The van der Waals surface area contributed by atoms with Crippen LogP contribution in [0.25, 0.3) is 0 Å². The van der Waals surface area contributed by atoms with Crippen molar-refractivity contribution in [2.75, 3.05) is 20.2 Å². The van der Waals surface area contributed by atoms with Gasteiger partial charge in [0.25, 0.3) is 10.2 Å². The van der Waals surface area contributed by atoms with E-state index in [2.05, 4.69) is 4.72 Å². The summed E-state index contributed by atoms with van der Waals surface area (Å²) in [6.07, 6.45) is 3.88. The number of hydrogen-bond acceptors (Lipinski definition) is 4. The molecule has 0 spiro atoms. The molecule has 19 heavy (non-hydrogen) atoms. The third-order valence-corrected chi connectivity index (χ3v) is 5.15. The Morgan fingerprint density at radius 3 is 2.37 bits per heavy atom. The number of ether oxygens (including phenoxy) is 1. The first-order valence-corrected chi connectivity index (χ1v) is 8.17. The minimum Gasteiger partial charge on any atom is -0.468 e. The van der Waals surface area contributed by atoms with Crippen LogP contribution in [0, 0.1) is 0 Å². The topological polar surface area (TPSA) is 75.7 Å². The smallest absolute Gasteiger partial charge is 0.326 e. The fraction of sp³-hybridized carbons (Fsp3) is 0.917. The van der Waals surface area contributed by atoms with Gasteiger partial charge >= 0.3 is 5.97 Å². The van der Waals surface area contributed by atoms with Crippen LogP contribution in [0.5, 0.6) is 0 Å². The summed E-state index contributed by atoms with van der Waals surface area (Å²) in [5.41, 5.74) is -1.19. The molecule has 1 fully saturated rings. The molecule has 0 aliphatic carbocycles. The molecule has 1 aliphatic heterocycles. The third-order valence-electron chi connectivity index (χ3n) is 3.40. The van der Waals surface area contributed by atoms with E-state index in [1.54, 1.807) is 6.92 Å². The zero-order valence-corrected chi connectivity index (χ0v) is 12.8. The van der Waals surface area contributed by atoms with Gasteiger partial charge in [-0.3, -0.25) is 4.79 Å². The van der Waals surface area contributed by atoms with Gasteiger partial charge in [-0.25, -0.2) is 0 Å². The van der Waals surface area contributed by atoms with Crippen LogP contribution < -0.4 is 4.72 Å². The monoisotopic (exact) mass is 292 g/mol. The summed E-state index contributed by atoms with van der Waals surface area (Å²) in [7, 11) is -2.37. The quantitative estimate of drug-likeness (QED) is 0.742. The van der Waals surface area contributed by atoms with Gasteiger partial charge < -0.3 is 4.74 Å². The molecule has 1 atom stereocenters. The standard InChI is InChI=1S/C12H24N2O4S/c1-4-8-12(2,11(15)18-3)13-19(16,17)14-9-6-5-7-10-14/h13H,4-10H2,1-3H3. The summed E-state index contributed by atoms with van der Waals surface area (Å²) in [5, 5.41) is 0. The van der Waals surface area contributed by atoms with E-state index in [4.69, 9.17) is 4.74 Å². The molecule has 6 nitrogen and oxygen atoms in total. The molecule has 1 saturated heterocycles. The second-order valence-electron chi connectivity index (χ2n) is 5.14. The SMILES string of the molecule is CCCC(C)(NS(=O)(=O)N1CCCCC1)C(=O)OC. The molecular formula is C12H24N2O4S. The lowest BCUT2D eigenvalue weighted by Crippen LogP contribution is -2.57. The van der Waals surface area contributed by atoms with Crippen molar-refractivity contribution in [3.63, 3.8) is 0 Å². The van der Waals surface area contributed by atoms with E-state index in [-0.39, 0.29) is 0 Å². The first kappa shape index (κ1) is 16.4. The van der Waals surface area contributed by atoms with Gasteiger partial charge in [0.2, 0.25) is 0 Å². The summed E-state index contributed by atoms with van der Waals surface area (Å²) < 4.78 is 33.2. The van der Waals surface area contributed by atoms with E-state index >= 15 is 0 Å².